The molecule has 7 heteroatoms. The van der Waals surface area contributed by atoms with Crippen molar-refractivity contribution >= 4 is 40.5 Å². The summed E-state index contributed by atoms with van der Waals surface area (Å²) in [6.45, 7) is 2.58. The lowest BCUT2D eigenvalue weighted by molar-refractivity contribution is -0.122. The van der Waals surface area contributed by atoms with Gasteiger partial charge in [0.1, 0.15) is 0 Å². The van der Waals surface area contributed by atoms with E-state index in [1.54, 1.807) is 24.3 Å². The number of nitrogens with two attached hydrogens (primary N) is 3. The molecule has 0 fully saturated rings. The molecule has 1 aromatic rings. The van der Waals surface area contributed by atoms with Crippen LogP contribution < -0.4 is 22.5 Å². The molecule has 0 aliphatic heterocycles. The van der Waals surface area contributed by atoms with Gasteiger partial charge in [0, 0.05) is 28.4 Å². The Morgan fingerprint density at radius 3 is 2.76 bits per heavy atom. The number of hydrogen-bond acceptors (Lipinski definition) is 4. The Morgan fingerprint density at radius 1 is 1.40 bits per heavy atom. The Labute approximate surface area is 158 Å². The van der Waals surface area contributed by atoms with Crippen LogP contribution >= 0.6 is 23.2 Å². The maximum Gasteiger partial charge on any atom is 0.228 e. The fraction of sp³-hybridized carbons (Fsp3) is 0.389. The van der Waals surface area contributed by atoms with Gasteiger partial charge in [-0.1, -0.05) is 30.7 Å². The van der Waals surface area contributed by atoms with Gasteiger partial charge in [0.15, 0.2) is 0 Å². The number of allylic oxidation sites excluding steroid dienone is 4. The number of carbonyl (C=O) groups is 1. The summed E-state index contributed by atoms with van der Waals surface area (Å²) in [5, 5.41) is 2.95. The number of rotatable bonds is 6. The summed E-state index contributed by atoms with van der Waals surface area (Å²) < 4.78 is 0. The number of benzene rings is 1. The van der Waals surface area contributed by atoms with Gasteiger partial charge in [0.25, 0.3) is 0 Å². The number of amides is 1. The van der Waals surface area contributed by atoms with Crippen molar-refractivity contribution < 1.29 is 4.79 Å². The molecule has 3 unspecified atom stereocenters. The highest BCUT2D eigenvalue weighted by Crippen LogP contribution is 2.45. The predicted molar refractivity (Wildman–Crippen MR) is 105 cm³/mol. The minimum absolute atomic E-state index is 0.164. The molecule has 3 atom stereocenters. The smallest absolute Gasteiger partial charge is 0.228 e. The maximum absolute atomic E-state index is 13.0. The molecule has 0 bridgehead atoms. The van der Waals surface area contributed by atoms with E-state index in [0.717, 1.165) is 5.56 Å². The third-order valence-electron chi connectivity index (χ3n) is 4.65. The molecule has 1 amide bonds. The van der Waals surface area contributed by atoms with Crippen LogP contribution in [0.1, 0.15) is 18.9 Å². The van der Waals surface area contributed by atoms with Crippen molar-refractivity contribution in [2.75, 3.05) is 17.6 Å². The summed E-state index contributed by atoms with van der Waals surface area (Å²) in [4.78, 5) is 13.0. The minimum Gasteiger partial charge on any atom is -0.398 e. The van der Waals surface area contributed by atoms with Crippen LogP contribution in [0.15, 0.2) is 41.5 Å². The van der Waals surface area contributed by atoms with E-state index in [0.29, 0.717) is 35.9 Å². The van der Waals surface area contributed by atoms with Gasteiger partial charge in [-0.25, -0.2) is 0 Å². The zero-order chi connectivity index (χ0) is 18.6. The Kier molecular flexibility index (Phi) is 6.52. The predicted octanol–water partition coefficient (Wildman–Crippen LogP) is 2.94. The molecule has 0 heterocycles. The van der Waals surface area contributed by atoms with Crippen molar-refractivity contribution in [1.82, 2.24) is 0 Å². The second-order valence-corrected chi connectivity index (χ2v) is 7.25. The second kappa shape index (κ2) is 8.23. The second-order valence-electron chi connectivity index (χ2n) is 6.38. The molecule has 136 valence electrons. The van der Waals surface area contributed by atoms with Crippen LogP contribution in [-0.2, 0) is 11.3 Å². The Morgan fingerprint density at radius 2 is 2.12 bits per heavy atom. The van der Waals surface area contributed by atoms with Crippen molar-refractivity contribution in [3.63, 3.8) is 0 Å². The fourth-order valence-electron chi connectivity index (χ4n) is 3.09. The summed E-state index contributed by atoms with van der Waals surface area (Å²) >= 11 is 12.7. The maximum atomic E-state index is 13.0. The summed E-state index contributed by atoms with van der Waals surface area (Å²) in [6.07, 6.45) is 5.98. The van der Waals surface area contributed by atoms with E-state index in [1.165, 1.54) is 0 Å². The van der Waals surface area contributed by atoms with Gasteiger partial charge in [-0.05, 0) is 42.8 Å². The van der Waals surface area contributed by atoms with Gasteiger partial charge in [0.2, 0.25) is 5.91 Å². The van der Waals surface area contributed by atoms with Gasteiger partial charge in [0.05, 0.1) is 11.3 Å². The van der Waals surface area contributed by atoms with E-state index in [-0.39, 0.29) is 5.91 Å². The normalized spacial score (nSPS) is 23.9. The van der Waals surface area contributed by atoms with E-state index in [1.807, 2.05) is 19.1 Å². The largest absolute Gasteiger partial charge is 0.398 e. The highest BCUT2D eigenvalue weighted by Gasteiger charge is 2.44. The van der Waals surface area contributed by atoms with Crippen molar-refractivity contribution in [2.24, 2.45) is 22.8 Å². The molecule has 0 radical (unpaired) electrons. The standard InChI is InChI=1S/C18H24Cl2N4O/c1-18(7-2-3-14(19)16(18)20)13(6-8-21)17(25)24-12-4-5-15(23)11(9-12)10-22/h2-5,7,9,13,16H,6,8,10,21-23H2,1H3,(H,24,25). The quantitative estimate of drug-likeness (QED) is 0.448. The fourth-order valence-corrected chi connectivity index (χ4v) is 3.69. The van der Waals surface area contributed by atoms with Crippen LogP contribution in [0.2, 0.25) is 0 Å². The molecule has 2 rings (SSSR count). The average Bonchev–Trinajstić information content (AvgIpc) is 2.59. The van der Waals surface area contributed by atoms with Crippen LogP contribution in [0, 0.1) is 11.3 Å². The zero-order valence-electron chi connectivity index (χ0n) is 14.1. The molecule has 0 spiro atoms. The van der Waals surface area contributed by atoms with Crippen LogP contribution in [-0.4, -0.2) is 17.8 Å². The van der Waals surface area contributed by atoms with E-state index in [2.05, 4.69) is 5.32 Å². The average molecular weight is 383 g/mol. The van der Waals surface area contributed by atoms with Crippen LogP contribution in [0.25, 0.3) is 0 Å². The lowest BCUT2D eigenvalue weighted by Gasteiger charge is -2.39. The highest BCUT2D eigenvalue weighted by molar-refractivity contribution is 6.38. The first-order valence-electron chi connectivity index (χ1n) is 8.12. The topological polar surface area (TPSA) is 107 Å². The number of nitrogen functional groups attached to an aromatic ring is 1. The molecule has 25 heavy (non-hydrogen) atoms. The van der Waals surface area contributed by atoms with E-state index >= 15 is 0 Å². The van der Waals surface area contributed by atoms with Crippen molar-refractivity contribution in [1.29, 1.82) is 0 Å². The number of hydrogen-bond donors (Lipinski definition) is 4. The molecule has 5 nitrogen and oxygen atoms in total. The van der Waals surface area contributed by atoms with Gasteiger partial charge in [-0.2, -0.15) is 0 Å². The van der Waals surface area contributed by atoms with E-state index < -0.39 is 16.7 Å². The molecule has 1 aliphatic rings. The lowest BCUT2D eigenvalue weighted by atomic mass is 9.70. The summed E-state index contributed by atoms with van der Waals surface area (Å²) in [5.74, 6) is -0.597. The van der Waals surface area contributed by atoms with Gasteiger partial charge < -0.3 is 22.5 Å². The third-order valence-corrected chi connectivity index (χ3v) is 5.81. The number of nitrogens with one attached hydrogen (secondary N) is 1. The minimum atomic E-state index is -0.638. The van der Waals surface area contributed by atoms with Crippen LogP contribution in [0.5, 0.6) is 0 Å². The van der Waals surface area contributed by atoms with Crippen molar-refractivity contribution in [2.45, 2.75) is 25.3 Å². The first-order valence-corrected chi connectivity index (χ1v) is 8.93. The van der Waals surface area contributed by atoms with Gasteiger partial charge in [-0.15, -0.1) is 11.6 Å². The first-order chi connectivity index (χ1) is 11.8. The van der Waals surface area contributed by atoms with Crippen molar-refractivity contribution in [3.8, 4) is 0 Å². The first kappa shape index (κ1) is 19.8. The molecule has 1 aromatic carbocycles. The zero-order valence-corrected chi connectivity index (χ0v) is 15.6. The van der Waals surface area contributed by atoms with Crippen LogP contribution in [0.3, 0.4) is 0 Å². The molecular formula is C18H24Cl2N4O. The molecule has 0 saturated carbocycles. The Bertz CT molecular complexity index is 704. The number of halogens is 2. The summed E-state index contributed by atoms with van der Waals surface area (Å²) in [7, 11) is 0. The lowest BCUT2D eigenvalue weighted by Crippen LogP contribution is -2.43. The molecule has 0 aromatic heterocycles. The van der Waals surface area contributed by atoms with Crippen molar-refractivity contribution in [3.05, 3.63) is 47.0 Å². The number of anilines is 2. The summed E-state index contributed by atoms with van der Waals surface area (Å²) in [5.41, 5.74) is 18.6. The molecular weight excluding hydrogens is 359 g/mol. The molecule has 7 N–H and O–H groups in total. The monoisotopic (exact) mass is 382 g/mol. The van der Waals surface area contributed by atoms with Gasteiger partial charge in [-0.3, -0.25) is 4.79 Å². The Hall–Kier alpha value is -1.53. The van der Waals surface area contributed by atoms with E-state index in [4.69, 9.17) is 40.4 Å². The molecule has 0 saturated heterocycles. The highest BCUT2D eigenvalue weighted by atomic mass is 35.5. The number of carbonyl (C=O) groups excluding carboxylic acids is 1. The molecule has 1 aliphatic carbocycles. The van der Waals surface area contributed by atoms with Gasteiger partial charge >= 0.3 is 0 Å². The number of alkyl halides is 1. The SMILES string of the molecule is CC1(C(CCN)C(=O)Nc2ccc(N)c(CN)c2)C=CC=C(Cl)C1Cl. The summed E-state index contributed by atoms with van der Waals surface area (Å²) in [6, 6.07) is 5.24. The third kappa shape index (κ3) is 4.18. The van der Waals surface area contributed by atoms with Crippen LogP contribution in [0.4, 0.5) is 11.4 Å². The Balaban J connectivity index is 2.27. The van der Waals surface area contributed by atoms with E-state index in [9.17, 15) is 4.79 Å².